The monoisotopic (exact) mass is 748 g/mol. The van der Waals surface area contributed by atoms with Crippen LogP contribution in [0, 0.1) is 0 Å². The van der Waals surface area contributed by atoms with Crippen LogP contribution in [0.5, 0.6) is 0 Å². The number of rotatable bonds is 20. The third-order valence-electron chi connectivity index (χ3n) is 8.65. The lowest BCUT2D eigenvalue weighted by atomic mass is 9.97. The summed E-state index contributed by atoms with van der Waals surface area (Å²) in [5.41, 5.74) is 3.64. The van der Waals surface area contributed by atoms with Gasteiger partial charge in [-0.2, -0.15) is 0 Å². The van der Waals surface area contributed by atoms with E-state index in [1.165, 1.54) is 20.8 Å². The molecule has 0 N–H and O–H groups in total. The van der Waals surface area contributed by atoms with Crippen LogP contribution in [-0.2, 0) is 28.9 Å². The fraction of sp³-hybridized carbons (Fsp3) is 0.349. The summed E-state index contributed by atoms with van der Waals surface area (Å²) >= 11 is 0. The molecule has 12 heteroatoms. The summed E-state index contributed by atoms with van der Waals surface area (Å²) in [6, 6.07) is 21.6. The molecule has 0 aliphatic heterocycles. The molecule has 4 aromatic rings. The summed E-state index contributed by atoms with van der Waals surface area (Å²) in [5, 5.41) is 12.5. The van der Waals surface area contributed by atoms with Crippen molar-refractivity contribution in [3.05, 3.63) is 101 Å². The predicted molar refractivity (Wildman–Crippen MR) is 212 cm³/mol. The molecule has 0 aliphatic rings. The number of oxime groups is 3. The van der Waals surface area contributed by atoms with Crippen LogP contribution in [0.4, 0.5) is 0 Å². The van der Waals surface area contributed by atoms with E-state index in [1.54, 1.807) is 24.4 Å². The van der Waals surface area contributed by atoms with Crippen molar-refractivity contribution < 1.29 is 38.5 Å². The van der Waals surface area contributed by atoms with Crippen LogP contribution in [0.1, 0.15) is 131 Å². The minimum atomic E-state index is -0.658. The van der Waals surface area contributed by atoms with E-state index in [9.17, 15) is 24.0 Å². The Morgan fingerprint density at radius 1 is 0.564 bits per heavy atom. The van der Waals surface area contributed by atoms with E-state index in [2.05, 4.69) is 29.3 Å². The van der Waals surface area contributed by atoms with Crippen molar-refractivity contribution in [2.75, 3.05) is 0 Å². The average Bonchev–Trinajstić information content (AvgIpc) is 3.56. The molecule has 1 aromatic heterocycles. The van der Waals surface area contributed by atoms with Gasteiger partial charge in [-0.15, -0.1) is 0 Å². The molecule has 55 heavy (non-hydrogen) atoms. The van der Waals surface area contributed by atoms with Crippen molar-refractivity contribution in [3.63, 3.8) is 0 Å². The minimum absolute atomic E-state index is 0.0729. The summed E-state index contributed by atoms with van der Waals surface area (Å²) in [6.07, 6.45) is 9.27. The zero-order chi connectivity index (χ0) is 39.7. The van der Waals surface area contributed by atoms with Gasteiger partial charge in [-0.3, -0.25) is 9.59 Å². The molecule has 0 saturated carbocycles. The van der Waals surface area contributed by atoms with Crippen molar-refractivity contribution in [1.29, 1.82) is 0 Å². The Hall–Kier alpha value is -6.04. The molecule has 288 valence electrons. The maximum Gasteiger partial charge on any atom is 0.332 e. The molecular weight excluding hydrogens is 700 g/mol. The highest BCUT2D eigenvalue weighted by Gasteiger charge is 2.24. The maximum atomic E-state index is 14.4. The molecule has 0 bridgehead atoms. The van der Waals surface area contributed by atoms with Gasteiger partial charge in [0.15, 0.2) is 0 Å². The van der Waals surface area contributed by atoms with Gasteiger partial charge in [0.25, 0.3) is 0 Å². The number of hydrogen-bond donors (Lipinski definition) is 0. The van der Waals surface area contributed by atoms with Crippen LogP contribution in [0.25, 0.3) is 16.6 Å². The van der Waals surface area contributed by atoms with Gasteiger partial charge in [-0.25, -0.2) is 14.4 Å². The number of carbonyl (C=O) groups is 5. The molecule has 12 nitrogen and oxygen atoms in total. The number of carbonyl (C=O) groups excluding carboxylic acids is 5. The Bertz CT molecular complexity index is 2100. The molecule has 0 amide bonds. The number of Topliss-reactive ketones (excluding diaryl/α,β-unsaturated/α-hetero) is 2. The van der Waals surface area contributed by atoms with Gasteiger partial charge in [0, 0.05) is 60.3 Å². The van der Waals surface area contributed by atoms with E-state index in [4.69, 9.17) is 14.5 Å². The second-order valence-corrected chi connectivity index (χ2v) is 13.1. The van der Waals surface area contributed by atoms with Crippen molar-refractivity contribution in [1.82, 2.24) is 4.57 Å². The third-order valence-corrected chi connectivity index (χ3v) is 8.65. The van der Waals surface area contributed by atoms with E-state index >= 15 is 0 Å². The number of ketones is 2. The molecule has 0 radical (unpaired) electrons. The second-order valence-electron chi connectivity index (χ2n) is 13.1. The van der Waals surface area contributed by atoms with E-state index in [-0.39, 0.29) is 29.0 Å². The standard InChI is InChI=1S/C43H48N4O8/c1-6-8-10-15-22-38(44-53-29(3)48)42(51)34-24-25-40-36(27-34)37(43(52)39(45-54-30(4)49)23-16-11-9-7-2)28-47(40)35-21-17-20-33(26-35)41(46-55-31(5)50)32-18-13-12-14-19-32/h12-14,17-21,24-28H,6-11,15-16,22-23H2,1-5H3/b44-38+,45-39+,46-41+. The largest absolute Gasteiger partial charge is 0.332 e. The quantitative estimate of drug-likeness (QED) is 0.0285. The Morgan fingerprint density at radius 3 is 1.71 bits per heavy atom. The van der Waals surface area contributed by atoms with Gasteiger partial charge in [0.1, 0.15) is 17.1 Å². The van der Waals surface area contributed by atoms with Gasteiger partial charge in [-0.05, 0) is 56.0 Å². The number of hydrogen-bond acceptors (Lipinski definition) is 11. The lowest BCUT2D eigenvalue weighted by molar-refractivity contribution is -0.141. The summed E-state index contributed by atoms with van der Waals surface area (Å²) < 4.78 is 1.81. The summed E-state index contributed by atoms with van der Waals surface area (Å²) in [7, 11) is 0. The lowest BCUT2D eigenvalue weighted by Crippen LogP contribution is -2.17. The normalized spacial score (nSPS) is 12.1. The number of benzene rings is 3. The summed E-state index contributed by atoms with van der Waals surface area (Å²) in [6.45, 7) is 7.87. The van der Waals surface area contributed by atoms with Crippen LogP contribution in [0.3, 0.4) is 0 Å². The fourth-order valence-corrected chi connectivity index (χ4v) is 5.95. The van der Waals surface area contributed by atoms with Gasteiger partial charge < -0.3 is 19.1 Å². The topological polar surface area (TPSA) is 155 Å². The van der Waals surface area contributed by atoms with Crippen molar-refractivity contribution in [3.8, 4) is 5.69 Å². The zero-order valence-electron chi connectivity index (χ0n) is 32.1. The zero-order valence-corrected chi connectivity index (χ0v) is 32.1. The van der Waals surface area contributed by atoms with Gasteiger partial charge in [0.2, 0.25) is 11.6 Å². The number of unbranched alkanes of at least 4 members (excludes halogenated alkanes) is 6. The Kier molecular flexibility index (Phi) is 15.9. The molecule has 0 spiro atoms. The molecule has 0 unspecified atom stereocenters. The number of aromatic nitrogens is 1. The van der Waals surface area contributed by atoms with Crippen molar-refractivity contribution in [2.45, 2.75) is 98.8 Å². The number of nitrogens with zero attached hydrogens (tertiary/aromatic N) is 4. The fourth-order valence-electron chi connectivity index (χ4n) is 5.95. The van der Waals surface area contributed by atoms with E-state index in [1.807, 2.05) is 59.2 Å². The van der Waals surface area contributed by atoms with Crippen LogP contribution in [-0.4, -0.2) is 51.2 Å². The molecule has 0 atom stereocenters. The third kappa shape index (κ3) is 12.0. The smallest absolute Gasteiger partial charge is 0.318 e. The number of fused-ring (bicyclic) bond motifs is 1. The van der Waals surface area contributed by atoms with E-state index < -0.39 is 29.5 Å². The van der Waals surface area contributed by atoms with E-state index in [0.29, 0.717) is 52.7 Å². The lowest BCUT2D eigenvalue weighted by Gasteiger charge is -2.11. The van der Waals surface area contributed by atoms with Crippen molar-refractivity contribution >= 4 is 57.5 Å². The molecule has 4 rings (SSSR count). The first-order valence-electron chi connectivity index (χ1n) is 18.7. The first-order valence-corrected chi connectivity index (χ1v) is 18.7. The molecule has 1 heterocycles. The van der Waals surface area contributed by atoms with Crippen LogP contribution in [0.2, 0.25) is 0 Å². The highest BCUT2D eigenvalue weighted by Crippen LogP contribution is 2.29. The van der Waals surface area contributed by atoms with Gasteiger partial charge in [0.05, 0.1) is 5.52 Å². The maximum absolute atomic E-state index is 14.4. The van der Waals surface area contributed by atoms with Gasteiger partial charge >= 0.3 is 17.9 Å². The molecule has 0 saturated heterocycles. The molecular formula is C43H48N4O8. The Balaban J connectivity index is 1.90. The molecule has 0 aliphatic carbocycles. The highest BCUT2D eigenvalue weighted by atomic mass is 16.7. The van der Waals surface area contributed by atoms with E-state index in [0.717, 1.165) is 38.5 Å². The van der Waals surface area contributed by atoms with Crippen molar-refractivity contribution in [2.24, 2.45) is 15.5 Å². The molecule has 3 aromatic carbocycles. The van der Waals surface area contributed by atoms with Crippen LogP contribution >= 0.6 is 0 Å². The Morgan fingerprint density at radius 2 is 1.13 bits per heavy atom. The predicted octanol–water partition coefficient (Wildman–Crippen LogP) is 9.09. The summed E-state index contributed by atoms with van der Waals surface area (Å²) in [4.78, 5) is 78.5. The first kappa shape index (κ1) is 41.7. The minimum Gasteiger partial charge on any atom is -0.318 e. The second kappa shape index (κ2) is 21.0. The molecule has 0 fully saturated rings. The van der Waals surface area contributed by atoms with Crippen LogP contribution < -0.4 is 0 Å². The average molecular weight is 749 g/mol. The van der Waals surface area contributed by atoms with Gasteiger partial charge in [-0.1, -0.05) is 110 Å². The Labute approximate surface area is 321 Å². The first-order chi connectivity index (χ1) is 26.5. The SMILES string of the molecule is CCCCCC/C(=N\OC(C)=O)C(=O)c1ccc2c(c1)c(C(=O)/C(CCCCCC)=N/OC(C)=O)cn2-c1cccc(/C(=N/OC(C)=O)c2ccccc2)c1. The highest BCUT2D eigenvalue weighted by molar-refractivity contribution is 6.48. The van der Waals surface area contributed by atoms with Crippen LogP contribution in [0.15, 0.2) is 94.5 Å². The summed E-state index contributed by atoms with van der Waals surface area (Å²) in [5.74, 6) is -2.77.